The fraction of sp³-hybridized carbons (Fsp3) is 0.0667. The Labute approximate surface area is 138 Å². The molecule has 0 aliphatic heterocycles. The van der Waals surface area contributed by atoms with Crippen LogP contribution in [0.5, 0.6) is 0 Å². The standard InChI is InChI=1S/C15H12Cl2N2OS/c16-11-4-2-1-3-9(11)8-14(20)19-13-6-5-10(15(18)21)7-12(13)17/h1-7H,8H2,(H2,18,21)(H,19,20). The molecule has 0 heterocycles. The van der Waals surface area contributed by atoms with Gasteiger partial charge in [0, 0.05) is 10.6 Å². The molecule has 108 valence electrons. The molecule has 3 N–H and O–H groups in total. The van der Waals surface area contributed by atoms with Crippen LogP contribution in [0.1, 0.15) is 11.1 Å². The van der Waals surface area contributed by atoms with Crippen LogP contribution in [0, 0.1) is 0 Å². The molecular formula is C15H12Cl2N2OS. The molecule has 3 nitrogen and oxygen atoms in total. The van der Waals surface area contributed by atoms with Crippen molar-refractivity contribution < 1.29 is 4.79 Å². The van der Waals surface area contributed by atoms with Crippen molar-refractivity contribution >= 4 is 52.0 Å². The van der Waals surface area contributed by atoms with E-state index < -0.39 is 0 Å². The third-order valence-electron chi connectivity index (χ3n) is 2.84. The van der Waals surface area contributed by atoms with Crippen LogP contribution in [0.4, 0.5) is 5.69 Å². The molecule has 0 spiro atoms. The van der Waals surface area contributed by atoms with Crippen molar-refractivity contribution in [3.8, 4) is 0 Å². The zero-order chi connectivity index (χ0) is 15.4. The molecule has 0 saturated carbocycles. The first-order valence-corrected chi connectivity index (χ1v) is 7.26. The molecule has 2 aromatic rings. The average molecular weight is 339 g/mol. The summed E-state index contributed by atoms with van der Waals surface area (Å²) in [6.45, 7) is 0. The first kappa shape index (κ1) is 15.8. The Kier molecular flexibility index (Phi) is 5.17. The maximum absolute atomic E-state index is 12.0. The third-order valence-corrected chi connectivity index (χ3v) is 3.75. The van der Waals surface area contributed by atoms with Crippen LogP contribution in [0.2, 0.25) is 10.0 Å². The lowest BCUT2D eigenvalue weighted by atomic mass is 10.1. The fourth-order valence-corrected chi connectivity index (χ4v) is 2.34. The molecule has 0 aromatic heterocycles. The van der Waals surface area contributed by atoms with Crippen LogP contribution in [-0.2, 0) is 11.2 Å². The van der Waals surface area contributed by atoms with Gasteiger partial charge < -0.3 is 11.1 Å². The third kappa shape index (κ3) is 4.17. The predicted octanol–water partition coefficient (Wildman–Crippen LogP) is 3.81. The minimum atomic E-state index is -0.201. The second kappa shape index (κ2) is 6.89. The molecular weight excluding hydrogens is 327 g/mol. The summed E-state index contributed by atoms with van der Waals surface area (Å²) in [4.78, 5) is 12.3. The maximum atomic E-state index is 12.0. The number of rotatable bonds is 4. The zero-order valence-corrected chi connectivity index (χ0v) is 13.2. The number of benzene rings is 2. The van der Waals surface area contributed by atoms with E-state index in [-0.39, 0.29) is 17.3 Å². The quantitative estimate of drug-likeness (QED) is 0.833. The van der Waals surface area contributed by atoms with Crippen molar-refractivity contribution in [2.24, 2.45) is 5.73 Å². The van der Waals surface area contributed by atoms with Gasteiger partial charge in [-0.1, -0.05) is 53.6 Å². The van der Waals surface area contributed by atoms with Crippen LogP contribution in [0.15, 0.2) is 42.5 Å². The topological polar surface area (TPSA) is 55.1 Å². The van der Waals surface area contributed by atoms with Crippen molar-refractivity contribution in [2.45, 2.75) is 6.42 Å². The monoisotopic (exact) mass is 338 g/mol. The highest BCUT2D eigenvalue weighted by atomic mass is 35.5. The van der Waals surface area contributed by atoms with Crippen molar-refractivity contribution in [1.29, 1.82) is 0 Å². The highest BCUT2D eigenvalue weighted by molar-refractivity contribution is 7.80. The van der Waals surface area contributed by atoms with Gasteiger partial charge in [-0.25, -0.2) is 0 Å². The summed E-state index contributed by atoms with van der Waals surface area (Å²) in [6, 6.07) is 12.2. The summed E-state index contributed by atoms with van der Waals surface area (Å²) in [5.74, 6) is -0.201. The zero-order valence-electron chi connectivity index (χ0n) is 10.9. The molecule has 0 bridgehead atoms. The Morgan fingerprint density at radius 3 is 2.48 bits per heavy atom. The van der Waals surface area contributed by atoms with Crippen molar-refractivity contribution in [1.82, 2.24) is 0 Å². The van der Waals surface area contributed by atoms with Gasteiger partial charge in [0.2, 0.25) is 5.91 Å². The van der Waals surface area contributed by atoms with Crippen molar-refractivity contribution in [2.75, 3.05) is 5.32 Å². The number of carbonyl (C=O) groups is 1. The number of nitrogens with one attached hydrogen (secondary N) is 1. The van der Waals surface area contributed by atoms with Gasteiger partial charge in [-0.15, -0.1) is 0 Å². The molecule has 2 aromatic carbocycles. The predicted molar refractivity (Wildman–Crippen MR) is 91.1 cm³/mol. The lowest BCUT2D eigenvalue weighted by Gasteiger charge is -2.09. The van der Waals surface area contributed by atoms with E-state index in [4.69, 9.17) is 41.2 Å². The number of nitrogens with two attached hydrogens (primary N) is 1. The Hall–Kier alpha value is -1.62. The molecule has 0 saturated heterocycles. The normalized spacial score (nSPS) is 10.2. The number of anilines is 1. The van der Waals surface area contributed by atoms with E-state index in [1.807, 2.05) is 12.1 Å². The minimum Gasteiger partial charge on any atom is -0.389 e. The van der Waals surface area contributed by atoms with E-state index in [0.717, 1.165) is 5.56 Å². The summed E-state index contributed by atoms with van der Waals surface area (Å²) in [7, 11) is 0. The van der Waals surface area contributed by atoms with Crippen LogP contribution in [-0.4, -0.2) is 10.9 Å². The molecule has 6 heteroatoms. The van der Waals surface area contributed by atoms with Gasteiger partial charge in [0.25, 0.3) is 0 Å². The Bertz CT molecular complexity index is 704. The first-order chi connectivity index (χ1) is 9.97. The number of carbonyl (C=O) groups excluding carboxylic acids is 1. The molecule has 0 aliphatic rings. The first-order valence-electron chi connectivity index (χ1n) is 6.10. The van der Waals surface area contributed by atoms with Crippen LogP contribution >= 0.6 is 35.4 Å². The van der Waals surface area contributed by atoms with E-state index in [1.165, 1.54) is 0 Å². The molecule has 0 radical (unpaired) electrons. The molecule has 0 aliphatic carbocycles. The summed E-state index contributed by atoms with van der Waals surface area (Å²) in [5.41, 5.74) is 7.44. The van der Waals surface area contributed by atoms with Gasteiger partial charge >= 0.3 is 0 Å². The van der Waals surface area contributed by atoms with Gasteiger partial charge in [0.15, 0.2) is 0 Å². The van der Waals surface area contributed by atoms with Crippen LogP contribution in [0.3, 0.4) is 0 Å². The number of halogens is 2. The second-order valence-corrected chi connectivity index (χ2v) is 5.63. The van der Waals surface area contributed by atoms with E-state index in [2.05, 4.69) is 5.32 Å². The van der Waals surface area contributed by atoms with Crippen LogP contribution in [0.25, 0.3) is 0 Å². The molecule has 0 unspecified atom stereocenters. The smallest absolute Gasteiger partial charge is 0.228 e. The number of amides is 1. The number of hydrogen-bond donors (Lipinski definition) is 2. The SMILES string of the molecule is NC(=S)c1ccc(NC(=O)Cc2ccccc2Cl)c(Cl)c1. The van der Waals surface area contributed by atoms with E-state index in [1.54, 1.807) is 30.3 Å². The van der Waals surface area contributed by atoms with E-state index in [0.29, 0.717) is 21.3 Å². The lowest BCUT2D eigenvalue weighted by molar-refractivity contribution is -0.115. The summed E-state index contributed by atoms with van der Waals surface area (Å²) in [5, 5.41) is 3.68. The fourth-order valence-electron chi connectivity index (χ4n) is 1.78. The van der Waals surface area contributed by atoms with Gasteiger partial charge in [-0.05, 0) is 29.8 Å². The van der Waals surface area contributed by atoms with E-state index in [9.17, 15) is 4.79 Å². The Balaban J connectivity index is 2.10. The number of hydrogen-bond acceptors (Lipinski definition) is 2. The molecule has 21 heavy (non-hydrogen) atoms. The maximum Gasteiger partial charge on any atom is 0.228 e. The number of thiocarbonyl (C=S) groups is 1. The molecule has 1 amide bonds. The van der Waals surface area contributed by atoms with Gasteiger partial charge in [-0.2, -0.15) is 0 Å². The molecule has 2 rings (SSSR count). The van der Waals surface area contributed by atoms with Gasteiger partial charge in [0.1, 0.15) is 4.99 Å². The summed E-state index contributed by atoms with van der Waals surface area (Å²) >= 11 is 17.0. The summed E-state index contributed by atoms with van der Waals surface area (Å²) < 4.78 is 0. The largest absolute Gasteiger partial charge is 0.389 e. The Morgan fingerprint density at radius 2 is 1.86 bits per heavy atom. The molecule has 0 fully saturated rings. The van der Waals surface area contributed by atoms with Crippen LogP contribution < -0.4 is 11.1 Å². The van der Waals surface area contributed by atoms with Crippen molar-refractivity contribution in [3.63, 3.8) is 0 Å². The Morgan fingerprint density at radius 1 is 1.14 bits per heavy atom. The van der Waals surface area contributed by atoms with Crippen molar-refractivity contribution in [3.05, 3.63) is 63.6 Å². The second-order valence-electron chi connectivity index (χ2n) is 4.38. The lowest BCUT2D eigenvalue weighted by Crippen LogP contribution is -2.15. The highest BCUT2D eigenvalue weighted by Gasteiger charge is 2.10. The highest BCUT2D eigenvalue weighted by Crippen LogP contribution is 2.24. The summed E-state index contributed by atoms with van der Waals surface area (Å²) in [6.07, 6.45) is 0.174. The molecule has 0 atom stereocenters. The van der Waals surface area contributed by atoms with Gasteiger partial charge in [0.05, 0.1) is 17.1 Å². The minimum absolute atomic E-state index is 0.174. The van der Waals surface area contributed by atoms with Gasteiger partial charge in [-0.3, -0.25) is 4.79 Å². The average Bonchev–Trinajstić information content (AvgIpc) is 2.43. The van der Waals surface area contributed by atoms with E-state index >= 15 is 0 Å².